The Balaban J connectivity index is 2.06. The van der Waals surface area contributed by atoms with Gasteiger partial charge in [-0.1, -0.05) is 32.7 Å². The van der Waals surface area contributed by atoms with E-state index < -0.39 is 52.6 Å². The number of amides is 1. The number of hydrogen-bond donors (Lipinski definition) is 3. The Morgan fingerprint density at radius 1 is 1.32 bits per heavy atom. The molecule has 0 aliphatic carbocycles. The summed E-state index contributed by atoms with van der Waals surface area (Å²) in [6.07, 6.45) is -2.48. The lowest BCUT2D eigenvalue weighted by atomic mass is 9.73. The second kappa shape index (κ2) is 11.2. The quantitative estimate of drug-likeness (QED) is 0.283. The molecule has 0 spiro atoms. The molecule has 1 saturated heterocycles. The topological polar surface area (TPSA) is 110 Å². The molecule has 14 heteroatoms. The van der Waals surface area contributed by atoms with E-state index in [1.165, 1.54) is 22.9 Å². The molecular weight excluding hydrogens is 610 g/mol. The Bertz CT molecular complexity index is 1340. The van der Waals surface area contributed by atoms with Crippen molar-refractivity contribution >= 4 is 46.1 Å². The molecule has 4 rings (SSSR count). The summed E-state index contributed by atoms with van der Waals surface area (Å²) in [4.78, 5) is 14.7. The van der Waals surface area contributed by atoms with Crippen LogP contribution < -0.4 is 0 Å². The largest absolute Gasteiger partial charge is 0.394 e. The van der Waals surface area contributed by atoms with Gasteiger partial charge in [0.1, 0.15) is 51.6 Å². The van der Waals surface area contributed by atoms with Crippen molar-refractivity contribution in [2.24, 2.45) is 0 Å². The maximum Gasteiger partial charge on any atom is 0.253 e. The zero-order chi connectivity index (χ0) is 27.9. The predicted octanol–water partition coefficient (Wildman–Crippen LogP) is 3.11. The third-order valence-electron chi connectivity index (χ3n) is 6.45. The number of hydrogen-bond acceptors (Lipinski definition) is 8. The number of aliphatic hydroxyl groups is 2. The van der Waals surface area contributed by atoms with Crippen LogP contribution in [0.5, 0.6) is 0 Å². The summed E-state index contributed by atoms with van der Waals surface area (Å²) >= 11 is 13.6. The molecule has 0 bridgehead atoms. The number of benzene rings is 2. The predicted molar refractivity (Wildman–Crippen MR) is 141 cm³/mol. The first-order valence-electron chi connectivity index (χ1n) is 11.2. The Morgan fingerprint density at radius 3 is 2.55 bits per heavy atom. The maximum absolute atomic E-state index is 14.2. The lowest BCUT2D eigenvalue weighted by Crippen LogP contribution is -2.68. The number of nitrogens with zero attached hydrogens (tertiary/aromatic N) is 4. The molecule has 1 aliphatic heterocycles. The molecule has 204 valence electrons. The van der Waals surface area contributed by atoms with Gasteiger partial charge in [0.05, 0.1) is 12.8 Å². The van der Waals surface area contributed by atoms with Crippen LogP contribution in [0.3, 0.4) is 0 Å². The van der Waals surface area contributed by atoms with Crippen molar-refractivity contribution in [1.82, 2.24) is 19.9 Å². The number of ether oxygens (including phenoxy) is 2. The molecule has 0 radical (unpaired) electrons. The molecule has 0 saturated carbocycles. The molecule has 1 aromatic heterocycles. The number of thiol groups is 1. The van der Waals surface area contributed by atoms with Crippen LogP contribution in [0, 0.1) is 11.6 Å². The summed E-state index contributed by atoms with van der Waals surface area (Å²) in [5.74, 6) is -2.37. The van der Waals surface area contributed by atoms with Crippen molar-refractivity contribution in [2.45, 2.75) is 29.3 Å². The first-order valence-corrected chi connectivity index (χ1v) is 12.9. The molecule has 2 heterocycles. The number of carbonyl (C=O) groups excluding carboxylic acids is 1. The zero-order valence-electron chi connectivity index (χ0n) is 20.3. The fourth-order valence-corrected chi connectivity index (χ4v) is 5.67. The van der Waals surface area contributed by atoms with Gasteiger partial charge in [-0.3, -0.25) is 4.79 Å². The maximum atomic E-state index is 14.2. The number of aliphatic hydroxyl groups excluding tert-OH is 2. The van der Waals surface area contributed by atoms with E-state index in [4.69, 9.17) is 21.1 Å². The van der Waals surface area contributed by atoms with Crippen LogP contribution in [0.4, 0.5) is 8.78 Å². The van der Waals surface area contributed by atoms with Gasteiger partial charge in [-0.2, -0.15) is 0 Å². The van der Waals surface area contributed by atoms with E-state index in [1.54, 1.807) is 32.3 Å². The highest BCUT2D eigenvalue weighted by atomic mass is 79.9. The SMILES string of the molecule is CO[C@@H]1[C@H](S)O[C@@H](CO)[C@@H](O)[C@@]1(c1cc(Br)ccc1C(=O)N(C)C)n1cc(-c2cc(F)c(Cl)c(F)c2)nn1. The highest BCUT2D eigenvalue weighted by molar-refractivity contribution is 9.10. The Morgan fingerprint density at radius 2 is 1.97 bits per heavy atom. The van der Waals surface area contributed by atoms with Crippen molar-refractivity contribution in [1.29, 1.82) is 0 Å². The lowest BCUT2D eigenvalue weighted by Gasteiger charge is -2.51. The molecular formula is C24H24BrClF2N4O5S. The summed E-state index contributed by atoms with van der Waals surface area (Å²) in [7, 11) is 4.51. The van der Waals surface area contributed by atoms with Gasteiger partial charge in [-0.25, -0.2) is 13.5 Å². The first-order chi connectivity index (χ1) is 18.0. The normalized spacial score (nSPS) is 25.4. The van der Waals surface area contributed by atoms with Gasteiger partial charge in [0, 0.05) is 36.8 Å². The van der Waals surface area contributed by atoms with E-state index in [2.05, 4.69) is 38.9 Å². The van der Waals surface area contributed by atoms with Crippen LogP contribution in [0.15, 0.2) is 41.0 Å². The lowest BCUT2D eigenvalue weighted by molar-refractivity contribution is -0.213. The standard InChI is InChI=1S/C24H24BrClF2N4O5S/c1-31(2)22(35)13-5-4-12(25)8-14(13)24(20(34)18(10-33)37-23(38)21(24)36-3)32-9-17(29-30-32)11-6-15(27)19(26)16(28)7-11/h4-9,18,20-21,23,33-34,38H,10H2,1-3H3/t18-,20+,21+,23-,24+/m0/s1. The highest BCUT2D eigenvalue weighted by Crippen LogP contribution is 2.46. The van der Waals surface area contributed by atoms with E-state index in [-0.39, 0.29) is 28.3 Å². The minimum Gasteiger partial charge on any atom is -0.394 e. The Hall–Kier alpha value is -2.13. The molecule has 1 fully saturated rings. The molecule has 1 aliphatic rings. The number of rotatable bonds is 6. The van der Waals surface area contributed by atoms with Gasteiger partial charge in [-0.05, 0) is 35.9 Å². The molecule has 1 amide bonds. The summed E-state index contributed by atoms with van der Waals surface area (Å²) < 4.78 is 41.8. The average molecular weight is 634 g/mol. The van der Waals surface area contributed by atoms with E-state index in [0.29, 0.717) is 4.47 Å². The van der Waals surface area contributed by atoms with Gasteiger partial charge in [-0.15, -0.1) is 17.7 Å². The number of aromatic nitrogens is 3. The molecule has 3 aromatic rings. The van der Waals surface area contributed by atoms with Gasteiger partial charge in [0.15, 0.2) is 0 Å². The van der Waals surface area contributed by atoms with Crippen LogP contribution in [0.1, 0.15) is 15.9 Å². The summed E-state index contributed by atoms with van der Waals surface area (Å²) in [5.41, 5.74) is -2.25. The molecule has 9 nitrogen and oxygen atoms in total. The van der Waals surface area contributed by atoms with Crippen molar-refractivity contribution in [3.8, 4) is 11.3 Å². The Labute approximate surface area is 235 Å². The van der Waals surface area contributed by atoms with Gasteiger partial charge in [0.2, 0.25) is 0 Å². The smallest absolute Gasteiger partial charge is 0.253 e. The second-order valence-corrected chi connectivity index (χ2v) is 10.7. The summed E-state index contributed by atoms with van der Waals surface area (Å²) in [5, 5.41) is 29.5. The van der Waals surface area contributed by atoms with Gasteiger partial charge < -0.3 is 24.6 Å². The molecule has 2 N–H and O–H groups in total. The fourth-order valence-electron chi connectivity index (χ4n) is 4.69. The third-order valence-corrected chi connectivity index (χ3v) is 7.69. The first kappa shape index (κ1) is 28.9. The third kappa shape index (κ3) is 4.74. The van der Waals surface area contributed by atoms with Crippen LogP contribution in [-0.2, 0) is 15.0 Å². The van der Waals surface area contributed by atoms with Gasteiger partial charge in [0.25, 0.3) is 5.91 Å². The van der Waals surface area contributed by atoms with Crippen molar-refractivity contribution in [3.05, 3.63) is 68.8 Å². The molecule has 38 heavy (non-hydrogen) atoms. The van der Waals surface area contributed by atoms with Crippen LogP contribution in [-0.4, -0.2) is 87.6 Å². The van der Waals surface area contributed by atoms with Crippen LogP contribution in [0.25, 0.3) is 11.3 Å². The molecule has 5 atom stereocenters. The second-order valence-electron chi connectivity index (χ2n) is 8.87. The fraction of sp³-hybridized carbons (Fsp3) is 0.375. The number of halogens is 4. The van der Waals surface area contributed by atoms with E-state index >= 15 is 0 Å². The van der Waals surface area contributed by atoms with Crippen molar-refractivity contribution in [3.63, 3.8) is 0 Å². The van der Waals surface area contributed by atoms with E-state index in [0.717, 1.165) is 12.1 Å². The minimum atomic E-state index is -1.76. The molecule has 2 aromatic carbocycles. The Kier molecular flexibility index (Phi) is 8.48. The number of methoxy groups -OCH3 is 1. The van der Waals surface area contributed by atoms with E-state index in [1.807, 2.05) is 0 Å². The van der Waals surface area contributed by atoms with E-state index in [9.17, 15) is 23.8 Å². The zero-order valence-corrected chi connectivity index (χ0v) is 23.6. The monoisotopic (exact) mass is 632 g/mol. The summed E-state index contributed by atoms with van der Waals surface area (Å²) in [6.45, 7) is -0.601. The van der Waals surface area contributed by atoms with Crippen LogP contribution in [0.2, 0.25) is 5.02 Å². The van der Waals surface area contributed by atoms with Crippen molar-refractivity contribution < 1.29 is 33.3 Å². The van der Waals surface area contributed by atoms with Crippen LogP contribution >= 0.6 is 40.2 Å². The average Bonchev–Trinajstić information content (AvgIpc) is 3.38. The minimum absolute atomic E-state index is 0.0290. The van der Waals surface area contributed by atoms with Crippen molar-refractivity contribution in [2.75, 3.05) is 27.8 Å². The summed E-state index contributed by atoms with van der Waals surface area (Å²) in [6, 6.07) is 6.85. The van der Waals surface area contributed by atoms with Gasteiger partial charge >= 0.3 is 0 Å². The highest BCUT2D eigenvalue weighted by Gasteiger charge is 2.60. The molecule has 0 unspecified atom stereocenters. The number of carbonyl (C=O) groups is 1.